The first kappa shape index (κ1) is 10.7. The average Bonchev–Trinajstić information content (AvgIpc) is 2.19. The Morgan fingerprint density at radius 2 is 2.14 bits per heavy atom. The molecule has 0 aromatic heterocycles. The van der Waals surface area contributed by atoms with Gasteiger partial charge in [0.1, 0.15) is 0 Å². The number of nitrogens with two attached hydrogens (primary N) is 1. The molecule has 1 atom stereocenters. The van der Waals surface area contributed by atoms with Crippen molar-refractivity contribution in [3.63, 3.8) is 0 Å². The van der Waals surface area contributed by atoms with Crippen LogP contribution in [-0.2, 0) is 11.3 Å². The second kappa shape index (κ2) is 4.77. The van der Waals surface area contributed by atoms with Crippen molar-refractivity contribution in [1.82, 2.24) is 0 Å². The lowest BCUT2D eigenvalue weighted by Crippen LogP contribution is -2.14. The van der Waals surface area contributed by atoms with E-state index in [1.165, 1.54) is 0 Å². The summed E-state index contributed by atoms with van der Waals surface area (Å²) in [5.74, 6) is -1.22. The summed E-state index contributed by atoms with van der Waals surface area (Å²) in [7, 11) is 0. The Kier molecular flexibility index (Phi) is 3.65. The highest BCUT2D eigenvalue weighted by Crippen LogP contribution is 2.23. The number of carbonyl (C=O) groups is 1. The summed E-state index contributed by atoms with van der Waals surface area (Å²) in [4.78, 5) is 11.0. The van der Waals surface area contributed by atoms with E-state index in [-0.39, 0.29) is 0 Å². The molecule has 0 heterocycles. The van der Waals surface area contributed by atoms with Crippen LogP contribution in [0.2, 0.25) is 0 Å². The summed E-state index contributed by atoms with van der Waals surface area (Å²) < 4.78 is 0. The van der Waals surface area contributed by atoms with E-state index in [4.69, 9.17) is 10.8 Å². The highest BCUT2D eigenvalue weighted by molar-refractivity contribution is 5.76. The summed E-state index contributed by atoms with van der Waals surface area (Å²) in [6, 6.07) is 7.44. The molecule has 0 amide bonds. The van der Waals surface area contributed by atoms with Crippen molar-refractivity contribution >= 4 is 5.97 Å². The van der Waals surface area contributed by atoms with Crippen LogP contribution in [0.5, 0.6) is 0 Å². The van der Waals surface area contributed by atoms with Gasteiger partial charge in [-0.25, -0.2) is 0 Å². The predicted octanol–water partition coefficient (Wildman–Crippen LogP) is 1.72. The van der Waals surface area contributed by atoms with Crippen LogP contribution in [0.4, 0.5) is 0 Å². The SMILES string of the molecule is CCC(C(=O)O)c1ccccc1CN. The van der Waals surface area contributed by atoms with E-state index in [1.54, 1.807) is 0 Å². The largest absolute Gasteiger partial charge is 0.481 e. The van der Waals surface area contributed by atoms with E-state index in [0.29, 0.717) is 13.0 Å². The van der Waals surface area contributed by atoms with Crippen LogP contribution >= 0.6 is 0 Å². The lowest BCUT2D eigenvalue weighted by molar-refractivity contribution is -0.138. The van der Waals surface area contributed by atoms with Gasteiger partial charge in [0.2, 0.25) is 0 Å². The number of hydrogen-bond donors (Lipinski definition) is 2. The van der Waals surface area contributed by atoms with Crippen LogP contribution in [0.15, 0.2) is 24.3 Å². The van der Waals surface area contributed by atoms with Crippen LogP contribution in [0.3, 0.4) is 0 Å². The molecule has 14 heavy (non-hydrogen) atoms. The predicted molar refractivity (Wildman–Crippen MR) is 55.0 cm³/mol. The molecule has 0 saturated carbocycles. The van der Waals surface area contributed by atoms with Crippen molar-refractivity contribution in [1.29, 1.82) is 0 Å². The monoisotopic (exact) mass is 193 g/mol. The topological polar surface area (TPSA) is 63.3 Å². The Morgan fingerprint density at radius 1 is 1.50 bits per heavy atom. The zero-order valence-corrected chi connectivity index (χ0v) is 8.23. The molecule has 0 aliphatic carbocycles. The smallest absolute Gasteiger partial charge is 0.310 e. The van der Waals surface area contributed by atoms with Crippen molar-refractivity contribution in [3.05, 3.63) is 35.4 Å². The first-order valence-electron chi connectivity index (χ1n) is 4.71. The molecule has 76 valence electrons. The van der Waals surface area contributed by atoms with Gasteiger partial charge in [-0.1, -0.05) is 31.2 Å². The fourth-order valence-corrected chi connectivity index (χ4v) is 1.59. The molecule has 3 N–H and O–H groups in total. The lowest BCUT2D eigenvalue weighted by atomic mass is 9.92. The number of rotatable bonds is 4. The number of benzene rings is 1. The standard InChI is InChI=1S/C11H15NO2/c1-2-9(11(13)14)10-6-4-3-5-8(10)7-12/h3-6,9H,2,7,12H2,1H3,(H,13,14). The van der Waals surface area contributed by atoms with Gasteiger partial charge in [0, 0.05) is 6.54 Å². The summed E-state index contributed by atoms with van der Waals surface area (Å²) >= 11 is 0. The van der Waals surface area contributed by atoms with E-state index in [9.17, 15) is 4.79 Å². The third-order valence-electron chi connectivity index (χ3n) is 2.36. The molecule has 1 rings (SSSR count). The normalized spacial score (nSPS) is 12.4. The lowest BCUT2D eigenvalue weighted by Gasteiger charge is -2.13. The van der Waals surface area contributed by atoms with Gasteiger partial charge in [-0.3, -0.25) is 4.79 Å². The molecule has 1 unspecified atom stereocenters. The number of aliphatic carboxylic acids is 1. The minimum atomic E-state index is -0.784. The fourth-order valence-electron chi connectivity index (χ4n) is 1.59. The molecular formula is C11H15NO2. The second-order valence-corrected chi connectivity index (χ2v) is 3.20. The van der Waals surface area contributed by atoms with Crippen molar-refractivity contribution in [2.45, 2.75) is 25.8 Å². The molecule has 0 radical (unpaired) electrons. The molecule has 0 bridgehead atoms. The van der Waals surface area contributed by atoms with Crippen LogP contribution in [0.1, 0.15) is 30.4 Å². The Bertz CT molecular complexity index is 323. The van der Waals surface area contributed by atoms with Gasteiger partial charge in [-0.05, 0) is 17.5 Å². The summed E-state index contributed by atoms with van der Waals surface area (Å²) in [6.07, 6.45) is 0.590. The Hall–Kier alpha value is -1.35. The molecule has 1 aromatic rings. The molecule has 3 heteroatoms. The van der Waals surface area contributed by atoms with Crippen molar-refractivity contribution in [2.24, 2.45) is 5.73 Å². The highest BCUT2D eigenvalue weighted by Gasteiger charge is 2.19. The zero-order chi connectivity index (χ0) is 10.6. The molecule has 0 fully saturated rings. The van der Waals surface area contributed by atoms with Crippen LogP contribution in [-0.4, -0.2) is 11.1 Å². The average molecular weight is 193 g/mol. The quantitative estimate of drug-likeness (QED) is 0.765. The summed E-state index contributed by atoms with van der Waals surface area (Å²) in [5.41, 5.74) is 7.31. The minimum Gasteiger partial charge on any atom is -0.481 e. The van der Waals surface area contributed by atoms with Crippen LogP contribution < -0.4 is 5.73 Å². The van der Waals surface area contributed by atoms with Crippen molar-refractivity contribution in [2.75, 3.05) is 0 Å². The Balaban J connectivity index is 3.08. The van der Waals surface area contributed by atoms with Crippen molar-refractivity contribution < 1.29 is 9.90 Å². The van der Waals surface area contributed by atoms with Gasteiger partial charge in [0.15, 0.2) is 0 Å². The zero-order valence-electron chi connectivity index (χ0n) is 8.23. The van der Waals surface area contributed by atoms with E-state index in [1.807, 2.05) is 31.2 Å². The van der Waals surface area contributed by atoms with Gasteiger partial charge in [-0.15, -0.1) is 0 Å². The van der Waals surface area contributed by atoms with E-state index >= 15 is 0 Å². The third kappa shape index (κ3) is 2.12. The first-order valence-corrected chi connectivity index (χ1v) is 4.71. The van der Waals surface area contributed by atoms with E-state index in [0.717, 1.165) is 11.1 Å². The van der Waals surface area contributed by atoms with Crippen LogP contribution in [0, 0.1) is 0 Å². The van der Waals surface area contributed by atoms with Gasteiger partial charge in [0.25, 0.3) is 0 Å². The highest BCUT2D eigenvalue weighted by atomic mass is 16.4. The van der Waals surface area contributed by atoms with Gasteiger partial charge in [0.05, 0.1) is 5.92 Å². The second-order valence-electron chi connectivity index (χ2n) is 3.20. The summed E-state index contributed by atoms with van der Waals surface area (Å²) in [6.45, 7) is 2.26. The van der Waals surface area contributed by atoms with Gasteiger partial charge >= 0.3 is 5.97 Å². The maximum absolute atomic E-state index is 11.0. The van der Waals surface area contributed by atoms with Crippen molar-refractivity contribution in [3.8, 4) is 0 Å². The molecule has 0 aliphatic heterocycles. The number of carboxylic acid groups (broad SMARTS) is 1. The number of hydrogen-bond acceptors (Lipinski definition) is 2. The molecule has 0 saturated heterocycles. The molecule has 0 spiro atoms. The van der Waals surface area contributed by atoms with Gasteiger partial charge in [-0.2, -0.15) is 0 Å². The molecule has 1 aromatic carbocycles. The van der Waals surface area contributed by atoms with Crippen LogP contribution in [0.25, 0.3) is 0 Å². The van der Waals surface area contributed by atoms with E-state index in [2.05, 4.69) is 0 Å². The van der Waals surface area contributed by atoms with E-state index < -0.39 is 11.9 Å². The molecular weight excluding hydrogens is 178 g/mol. The summed E-state index contributed by atoms with van der Waals surface area (Å²) in [5, 5.41) is 9.01. The fraction of sp³-hybridized carbons (Fsp3) is 0.364. The molecule has 3 nitrogen and oxygen atoms in total. The minimum absolute atomic E-state index is 0.389. The number of carboxylic acids is 1. The first-order chi connectivity index (χ1) is 6.70. The maximum atomic E-state index is 11.0. The Labute approximate surface area is 83.6 Å². The third-order valence-corrected chi connectivity index (χ3v) is 2.36. The maximum Gasteiger partial charge on any atom is 0.310 e. The Morgan fingerprint density at radius 3 is 2.64 bits per heavy atom. The molecule has 0 aliphatic rings. The van der Waals surface area contributed by atoms with Gasteiger partial charge < -0.3 is 10.8 Å².